The summed E-state index contributed by atoms with van der Waals surface area (Å²) in [5, 5.41) is 11.0. The number of nitrogens with one attached hydrogen (secondary N) is 1. The number of hydrogen-bond acceptors (Lipinski definition) is 7. The molecule has 0 saturated carbocycles. The van der Waals surface area contributed by atoms with Gasteiger partial charge in [0.25, 0.3) is 5.69 Å². The van der Waals surface area contributed by atoms with Crippen molar-refractivity contribution >= 4 is 17.3 Å². The molecule has 1 aromatic rings. The van der Waals surface area contributed by atoms with E-state index in [0.717, 1.165) is 6.54 Å². The van der Waals surface area contributed by atoms with Gasteiger partial charge in [0.2, 0.25) is 0 Å². The van der Waals surface area contributed by atoms with E-state index in [-0.39, 0.29) is 17.5 Å². The molecule has 0 fully saturated rings. The van der Waals surface area contributed by atoms with Crippen molar-refractivity contribution in [2.45, 2.75) is 19.9 Å². The van der Waals surface area contributed by atoms with Gasteiger partial charge in [-0.3, -0.25) is 10.1 Å². The van der Waals surface area contributed by atoms with Crippen LogP contribution in [-0.2, 0) is 0 Å². The molecule has 1 aromatic heterocycles. The van der Waals surface area contributed by atoms with Gasteiger partial charge in [-0.2, -0.15) is 0 Å². The van der Waals surface area contributed by atoms with E-state index < -0.39 is 4.92 Å². The molecule has 3 N–H and O–H groups in total. The highest BCUT2D eigenvalue weighted by Crippen LogP contribution is 2.24. The van der Waals surface area contributed by atoms with Gasteiger partial charge in [0.15, 0.2) is 0 Å². The zero-order valence-corrected chi connectivity index (χ0v) is 12.3. The van der Waals surface area contributed by atoms with Crippen LogP contribution in [0.5, 0.6) is 0 Å². The Hall–Kier alpha value is -1.93. The van der Waals surface area contributed by atoms with Gasteiger partial charge in [0, 0.05) is 19.1 Å². The molecule has 8 heteroatoms. The number of anilines is 2. The normalized spacial score (nSPS) is 12.3. The molecule has 1 rings (SSSR count). The number of nitrogens with zero attached hydrogens (tertiary/aromatic N) is 4. The second-order valence-corrected chi connectivity index (χ2v) is 4.87. The molecule has 0 amide bonds. The smallest absolute Gasteiger partial charge is 0.276 e. The summed E-state index contributed by atoms with van der Waals surface area (Å²) in [7, 11) is 3.97. The van der Waals surface area contributed by atoms with Gasteiger partial charge in [-0.15, -0.1) is 0 Å². The lowest BCUT2D eigenvalue weighted by Crippen LogP contribution is -2.40. The highest BCUT2D eigenvalue weighted by atomic mass is 16.6. The molecular formula is C12H22N6O2. The minimum atomic E-state index is -0.448. The standard InChI is InChI=1S/C12H22N6O2/c1-5-17(9(2)8-16(3)4)12-7-10(18(19)20)6-11(14-12)15-13/h6-7,9H,5,8,13H2,1-4H3,(H,14,15). The number of aromatic nitrogens is 1. The molecule has 112 valence electrons. The van der Waals surface area contributed by atoms with Gasteiger partial charge < -0.3 is 15.2 Å². The summed E-state index contributed by atoms with van der Waals surface area (Å²) in [5.41, 5.74) is 2.34. The third-order valence-corrected chi connectivity index (χ3v) is 2.95. The maximum absolute atomic E-state index is 11.0. The average molecular weight is 282 g/mol. The van der Waals surface area contributed by atoms with Crippen LogP contribution >= 0.6 is 0 Å². The molecule has 0 bridgehead atoms. The molecule has 1 heterocycles. The van der Waals surface area contributed by atoms with Crippen LogP contribution in [0.2, 0.25) is 0 Å². The number of nitrogens with two attached hydrogens (primary N) is 1. The molecule has 1 unspecified atom stereocenters. The molecule has 0 radical (unpaired) electrons. The minimum Gasteiger partial charge on any atom is -0.353 e. The van der Waals surface area contributed by atoms with Crippen molar-refractivity contribution in [2.24, 2.45) is 5.84 Å². The lowest BCUT2D eigenvalue weighted by Gasteiger charge is -2.31. The second-order valence-electron chi connectivity index (χ2n) is 4.87. The van der Waals surface area contributed by atoms with E-state index >= 15 is 0 Å². The van der Waals surface area contributed by atoms with E-state index in [1.54, 1.807) is 0 Å². The van der Waals surface area contributed by atoms with Crippen molar-refractivity contribution in [3.05, 3.63) is 22.2 Å². The number of hydrogen-bond donors (Lipinski definition) is 2. The maximum Gasteiger partial charge on any atom is 0.276 e. The van der Waals surface area contributed by atoms with Gasteiger partial charge in [-0.05, 0) is 27.9 Å². The largest absolute Gasteiger partial charge is 0.353 e. The molecule has 0 aromatic carbocycles. The third-order valence-electron chi connectivity index (χ3n) is 2.95. The predicted octanol–water partition coefficient (Wildman–Crippen LogP) is 1.05. The van der Waals surface area contributed by atoms with Crippen LogP contribution < -0.4 is 16.2 Å². The van der Waals surface area contributed by atoms with Gasteiger partial charge in [-0.1, -0.05) is 0 Å². The summed E-state index contributed by atoms with van der Waals surface area (Å²) >= 11 is 0. The van der Waals surface area contributed by atoms with E-state index in [9.17, 15) is 10.1 Å². The molecule has 0 aliphatic carbocycles. The average Bonchev–Trinajstić information content (AvgIpc) is 2.38. The minimum absolute atomic E-state index is 0.0292. The number of likely N-dealkylation sites (N-methyl/N-ethyl adjacent to an activating group) is 2. The van der Waals surface area contributed by atoms with Gasteiger partial charge in [-0.25, -0.2) is 10.8 Å². The predicted molar refractivity (Wildman–Crippen MR) is 79.7 cm³/mol. The summed E-state index contributed by atoms with van der Waals surface area (Å²) in [4.78, 5) is 18.9. The van der Waals surface area contributed by atoms with Gasteiger partial charge in [0.05, 0.1) is 17.1 Å². The van der Waals surface area contributed by atoms with Crippen LogP contribution in [-0.4, -0.2) is 48.0 Å². The van der Waals surface area contributed by atoms with E-state index in [1.807, 2.05) is 25.9 Å². The number of rotatable bonds is 7. The molecule has 8 nitrogen and oxygen atoms in total. The first kappa shape index (κ1) is 16.1. The lowest BCUT2D eigenvalue weighted by molar-refractivity contribution is -0.384. The van der Waals surface area contributed by atoms with Crippen molar-refractivity contribution in [3.63, 3.8) is 0 Å². The molecular weight excluding hydrogens is 260 g/mol. The Morgan fingerprint density at radius 1 is 1.50 bits per heavy atom. The summed E-state index contributed by atoms with van der Waals surface area (Å²) in [6.45, 7) is 5.57. The van der Waals surface area contributed by atoms with E-state index in [4.69, 9.17) is 5.84 Å². The van der Waals surface area contributed by atoms with Crippen molar-refractivity contribution in [2.75, 3.05) is 37.5 Å². The Balaban J connectivity index is 3.13. The molecule has 0 aliphatic heterocycles. The fourth-order valence-electron chi connectivity index (χ4n) is 2.15. The first-order valence-corrected chi connectivity index (χ1v) is 6.43. The number of nitrogen functional groups attached to an aromatic ring is 1. The van der Waals surface area contributed by atoms with Crippen LogP contribution in [0.3, 0.4) is 0 Å². The van der Waals surface area contributed by atoms with Gasteiger partial charge in [0.1, 0.15) is 11.6 Å². The van der Waals surface area contributed by atoms with Crippen molar-refractivity contribution in [1.29, 1.82) is 0 Å². The fraction of sp³-hybridized carbons (Fsp3) is 0.583. The highest BCUT2D eigenvalue weighted by molar-refractivity contribution is 5.55. The number of hydrazine groups is 1. The summed E-state index contributed by atoms with van der Waals surface area (Å²) in [6, 6.07) is 2.96. The Labute approximate surface area is 118 Å². The first-order chi connectivity index (χ1) is 9.38. The summed E-state index contributed by atoms with van der Waals surface area (Å²) in [5.74, 6) is 6.15. The molecule has 0 saturated heterocycles. The lowest BCUT2D eigenvalue weighted by atomic mass is 10.2. The molecule has 20 heavy (non-hydrogen) atoms. The van der Waals surface area contributed by atoms with Crippen molar-refractivity contribution in [1.82, 2.24) is 9.88 Å². The monoisotopic (exact) mass is 282 g/mol. The first-order valence-electron chi connectivity index (χ1n) is 6.43. The Kier molecular flexibility index (Phi) is 5.66. The highest BCUT2D eigenvalue weighted by Gasteiger charge is 2.19. The Bertz CT molecular complexity index is 465. The van der Waals surface area contributed by atoms with Crippen LogP contribution in [0.4, 0.5) is 17.3 Å². The van der Waals surface area contributed by atoms with Crippen molar-refractivity contribution in [3.8, 4) is 0 Å². The summed E-state index contributed by atoms with van der Waals surface area (Å²) < 4.78 is 0. The topological polar surface area (TPSA) is 101 Å². The maximum atomic E-state index is 11.0. The van der Waals surface area contributed by atoms with Crippen LogP contribution in [0.15, 0.2) is 12.1 Å². The summed E-state index contributed by atoms with van der Waals surface area (Å²) in [6.07, 6.45) is 0. The molecule has 0 spiro atoms. The number of pyridine rings is 1. The molecule has 0 aliphatic rings. The zero-order chi connectivity index (χ0) is 15.3. The zero-order valence-electron chi connectivity index (χ0n) is 12.3. The number of nitro groups is 1. The third kappa shape index (κ3) is 4.04. The van der Waals surface area contributed by atoms with Crippen LogP contribution in [0.25, 0.3) is 0 Å². The van der Waals surface area contributed by atoms with Crippen molar-refractivity contribution < 1.29 is 4.92 Å². The van der Waals surface area contributed by atoms with E-state index in [0.29, 0.717) is 12.4 Å². The Morgan fingerprint density at radius 2 is 2.15 bits per heavy atom. The fourth-order valence-corrected chi connectivity index (χ4v) is 2.15. The van der Waals surface area contributed by atoms with Crippen LogP contribution in [0.1, 0.15) is 13.8 Å². The van der Waals surface area contributed by atoms with Gasteiger partial charge >= 0.3 is 0 Å². The van der Waals surface area contributed by atoms with E-state index in [2.05, 4.69) is 22.2 Å². The SMILES string of the molecule is CCN(c1cc([N+](=O)[O-])cc(NN)n1)C(C)CN(C)C. The molecule has 1 atom stereocenters. The Morgan fingerprint density at radius 3 is 2.60 bits per heavy atom. The quantitative estimate of drug-likeness (QED) is 0.438. The van der Waals surface area contributed by atoms with Crippen LogP contribution in [0, 0.1) is 10.1 Å². The van der Waals surface area contributed by atoms with E-state index in [1.165, 1.54) is 12.1 Å². The second kappa shape index (κ2) is 7.01.